The van der Waals surface area contributed by atoms with Gasteiger partial charge in [-0.15, -0.1) is 0 Å². The Morgan fingerprint density at radius 2 is 1.75 bits per heavy atom. The molecule has 2 amide bonds. The van der Waals surface area contributed by atoms with E-state index in [0.29, 0.717) is 13.1 Å². The van der Waals surface area contributed by atoms with Crippen LogP contribution in [-0.2, 0) is 16.0 Å². The molecule has 1 aromatic rings. The number of carbonyl (C=O) groups is 2. The van der Waals surface area contributed by atoms with Gasteiger partial charge in [-0.05, 0) is 31.2 Å². The Bertz CT molecular complexity index is 541. The molecule has 0 bridgehead atoms. The van der Waals surface area contributed by atoms with Crippen molar-refractivity contribution >= 4 is 11.8 Å². The number of piperidine rings is 1. The first-order valence-electron chi connectivity index (χ1n) is 8.99. The van der Waals surface area contributed by atoms with Crippen molar-refractivity contribution in [3.63, 3.8) is 0 Å². The fourth-order valence-corrected chi connectivity index (χ4v) is 3.11. The van der Waals surface area contributed by atoms with Gasteiger partial charge in [0.05, 0.1) is 0 Å². The summed E-state index contributed by atoms with van der Waals surface area (Å²) in [5, 5.41) is 3.05. The Balaban J connectivity index is 1.67. The standard InChI is InChI=1S/C20H30N2O2/c1-20(2,3)19(24)22-14-11-17(12-15-22)18(23)21-13-7-10-16-8-5-4-6-9-16/h4-6,8-9,17H,7,10-15H2,1-3H3,(H,21,23). The number of likely N-dealkylation sites (tertiary alicyclic amines) is 1. The van der Waals surface area contributed by atoms with Gasteiger partial charge in [0, 0.05) is 31.0 Å². The SMILES string of the molecule is CC(C)(C)C(=O)N1CCC(C(=O)NCCCc2ccccc2)CC1. The first-order valence-corrected chi connectivity index (χ1v) is 8.99. The van der Waals surface area contributed by atoms with Gasteiger partial charge >= 0.3 is 0 Å². The molecule has 24 heavy (non-hydrogen) atoms. The third-order valence-corrected chi connectivity index (χ3v) is 4.58. The molecule has 1 aliphatic rings. The van der Waals surface area contributed by atoms with Crippen LogP contribution in [-0.4, -0.2) is 36.3 Å². The number of rotatable bonds is 5. The zero-order valence-corrected chi connectivity index (χ0v) is 15.2. The van der Waals surface area contributed by atoms with Crippen molar-refractivity contribution in [3.05, 3.63) is 35.9 Å². The molecule has 1 aromatic carbocycles. The van der Waals surface area contributed by atoms with E-state index >= 15 is 0 Å². The van der Waals surface area contributed by atoms with E-state index in [4.69, 9.17) is 0 Å². The molecule has 1 saturated heterocycles. The van der Waals surface area contributed by atoms with Gasteiger partial charge in [0.25, 0.3) is 0 Å². The number of hydrogen-bond acceptors (Lipinski definition) is 2. The molecule has 4 heteroatoms. The predicted molar refractivity (Wildman–Crippen MR) is 96.5 cm³/mol. The topological polar surface area (TPSA) is 49.4 Å². The largest absolute Gasteiger partial charge is 0.356 e. The first kappa shape index (κ1) is 18.5. The van der Waals surface area contributed by atoms with Gasteiger partial charge in [0.2, 0.25) is 11.8 Å². The quantitative estimate of drug-likeness (QED) is 0.844. The highest BCUT2D eigenvalue weighted by Crippen LogP contribution is 2.23. The minimum atomic E-state index is -0.341. The summed E-state index contributed by atoms with van der Waals surface area (Å²) in [6.07, 6.45) is 3.48. The van der Waals surface area contributed by atoms with Gasteiger partial charge in [-0.2, -0.15) is 0 Å². The van der Waals surface area contributed by atoms with Crippen LogP contribution in [0.5, 0.6) is 0 Å². The minimum Gasteiger partial charge on any atom is -0.356 e. The molecule has 4 nitrogen and oxygen atoms in total. The molecule has 1 aliphatic heterocycles. The predicted octanol–water partition coefficient (Wildman–Crippen LogP) is 3.02. The van der Waals surface area contributed by atoms with Gasteiger partial charge in [-0.3, -0.25) is 9.59 Å². The van der Waals surface area contributed by atoms with E-state index in [9.17, 15) is 9.59 Å². The molecule has 1 heterocycles. The van der Waals surface area contributed by atoms with E-state index in [2.05, 4.69) is 17.4 Å². The minimum absolute atomic E-state index is 0.0470. The van der Waals surface area contributed by atoms with E-state index < -0.39 is 0 Å². The third-order valence-electron chi connectivity index (χ3n) is 4.58. The van der Waals surface area contributed by atoms with Gasteiger partial charge in [0.15, 0.2) is 0 Å². The Morgan fingerprint density at radius 3 is 2.33 bits per heavy atom. The number of aryl methyl sites for hydroxylation is 1. The fourth-order valence-electron chi connectivity index (χ4n) is 3.11. The van der Waals surface area contributed by atoms with Crippen molar-refractivity contribution in [1.29, 1.82) is 0 Å². The van der Waals surface area contributed by atoms with Crippen molar-refractivity contribution in [2.45, 2.75) is 46.5 Å². The van der Waals surface area contributed by atoms with Crippen LogP contribution in [0.4, 0.5) is 0 Å². The second-order valence-electron chi connectivity index (χ2n) is 7.70. The second-order valence-corrected chi connectivity index (χ2v) is 7.70. The summed E-state index contributed by atoms with van der Waals surface area (Å²) in [4.78, 5) is 26.4. The van der Waals surface area contributed by atoms with E-state index in [1.807, 2.05) is 43.9 Å². The molecular weight excluding hydrogens is 300 g/mol. The molecular formula is C20H30N2O2. The van der Waals surface area contributed by atoms with Crippen LogP contribution in [0.25, 0.3) is 0 Å². The highest BCUT2D eigenvalue weighted by atomic mass is 16.2. The van der Waals surface area contributed by atoms with Crippen LogP contribution in [0.2, 0.25) is 0 Å². The maximum atomic E-state index is 12.3. The second kappa shape index (κ2) is 8.32. The summed E-state index contributed by atoms with van der Waals surface area (Å²) in [5.41, 5.74) is 0.966. The Labute approximate surface area is 145 Å². The first-order chi connectivity index (χ1) is 11.4. The molecule has 0 aromatic heterocycles. The fraction of sp³-hybridized carbons (Fsp3) is 0.600. The van der Waals surface area contributed by atoms with Gasteiger partial charge in [-0.1, -0.05) is 51.1 Å². The Hall–Kier alpha value is -1.84. The number of benzene rings is 1. The number of carbonyl (C=O) groups excluding carboxylic acids is 2. The smallest absolute Gasteiger partial charge is 0.227 e. The van der Waals surface area contributed by atoms with Gasteiger partial charge in [0.1, 0.15) is 0 Å². The Kier molecular flexibility index (Phi) is 6.41. The summed E-state index contributed by atoms with van der Waals surface area (Å²) < 4.78 is 0. The molecule has 0 saturated carbocycles. The van der Waals surface area contributed by atoms with E-state index in [-0.39, 0.29) is 23.1 Å². The lowest BCUT2D eigenvalue weighted by molar-refractivity contribution is -0.142. The molecule has 0 atom stereocenters. The van der Waals surface area contributed by atoms with Gasteiger partial charge in [-0.25, -0.2) is 0 Å². The molecule has 1 fully saturated rings. The average molecular weight is 330 g/mol. The monoisotopic (exact) mass is 330 g/mol. The lowest BCUT2D eigenvalue weighted by atomic mass is 9.90. The zero-order chi connectivity index (χ0) is 17.6. The van der Waals surface area contributed by atoms with Crippen LogP contribution < -0.4 is 5.32 Å². The third kappa shape index (κ3) is 5.36. The molecule has 0 aliphatic carbocycles. The maximum Gasteiger partial charge on any atom is 0.227 e. The molecule has 0 unspecified atom stereocenters. The molecule has 132 valence electrons. The normalized spacial score (nSPS) is 16.0. The number of hydrogen-bond donors (Lipinski definition) is 1. The van der Waals surface area contributed by atoms with Gasteiger partial charge < -0.3 is 10.2 Å². The van der Waals surface area contributed by atoms with E-state index in [0.717, 1.165) is 32.2 Å². The van der Waals surface area contributed by atoms with Crippen LogP contribution >= 0.6 is 0 Å². The highest BCUT2D eigenvalue weighted by Gasteiger charge is 2.32. The molecule has 1 N–H and O–H groups in total. The average Bonchev–Trinajstić information content (AvgIpc) is 2.58. The number of amides is 2. The van der Waals surface area contributed by atoms with Crippen LogP contribution in [0.3, 0.4) is 0 Å². The van der Waals surface area contributed by atoms with E-state index in [1.165, 1.54) is 5.56 Å². The summed E-state index contributed by atoms with van der Waals surface area (Å²) in [5.74, 6) is 0.376. The van der Waals surface area contributed by atoms with Crippen molar-refractivity contribution in [2.75, 3.05) is 19.6 Å². The van der Waals surface area contributed by atoms with Crippen molar-refractivity contribution in [3.8, 4) is 0 Å². The summed E-state index contributed by atoms with van der Waals surface area (Å²) >= 11 is 0. The number of nitrogens with zero attached hydrogens (tertiary/aromatic N) is 1. The molecule has 0 radical (unpaired) electrons. The van der Waals surface area contributed by atoms with Crippen molar-refractivity contribution < 1.29 is 9.59 Å². The summed E-state index contributed by atoms with van der Waals surface area (Å²) in [7, 11) is 0. The summed E-state index contributed by atoms with van der Waals surface area (Å²) in [6, 6.07) is 10.3. The maximum absolute atomic E-state index is 12.3. The Morgan fingerprint density at radius 1 is 1.12 bits per heavy atom. The van der Waals surface area contributed by atoms with Crippen LogP contribution in [0.15, 0.2) is 30.3 Å². The van der Waals surface area contributed by atoms with Crippen molar-refractivity contribution in [2.24, 2.45) is 11.3 Å². The van der Waals surface area contributed by atoms with Crippen molar-refractivity contribution in [1.82, 2.24) is 10.2 Å². The lowest BCUT2D eigenvalue weighted by Crippen LogP contribution is -2.46. The zero-order valence-electron chi connectivity index (χ0n) is 15.2. The van der Waals surface area contributed by atoms with Crippen LogP contribution in [0, 0.1) is 11.3 Å². The highest BCUT2D eigenvalue weighted by molar-refractivity contribution is 5.82. The lowest BCUT2D eigenvalue weighted by Gasteiger charge is -2.35. The van der Waals surface area contributed by atoms with Crippen LogP contribution in [0.1, 0.15) is 45.6 Å². The molecule has 2 rings (SSSR count). The summed E-state index contributed by atoms with van der Waals surface area (Å²) in [6.45, 7) is 7.94. The molecule has 0 spiro atoms. The van der Waals surface area contributed by atoms with E-state index in [1.54, 1.807) is 0 Å². The number of nitrogens with one attached hydrogen (secondary N) is 1.